The highest BCUT2D eigenvalue weighted by Gasteiger charge is 2.14. The zero-order valence-corrected chi connectivity index (χ0v) is 11.3. The van der Waals surface area contributed by atoms with Crippen molar-refractivity contribution in [2.24, 2.45) is 17.6 Å². The van der Waals surface area contributed by atoms with Crippen LogP contribution in [-0.2, 0) is 0 Å². The van der Waals surface area contributed by atoms with Crippen molar-refractivity contribution < 1.29 is 0 Å². The molecule has 0 aromatic rings. The molecular weight excluding hydrogens is 184 g/mol. The smallest absolute Gasteiger partial charge is 0.00664 e. The van der Waals surface area contributed by atoms with Gasteiger partial charge in [0.05, 0.1) is 0 Å². The molecule has 0 aliphatic carbocycles. The van der Waals surface area contributed by atoms with Crippen LogP contribution in [0.2, 0.25) is 0 Å². The van der Waals surface area contributed by atoms with Gasteiger partial charge in [0, 0.05) is 12.6 Å². The SMILES string of the molecule is CCCC(CN)CN(C)C(C)CC(C)C. The van der Waals surface area contributed by atoms with E-state index in [4.69, 9.17) is 5.73 Å². The van der Waals surface area contributed by atoms with Gasteiger partial charge in [-0.3, -0.25) is 0 Å². The van der Waals surface area contributed by atoms with Crippen molar-refractivity contribution in [3.05, 3.63) is 0 Å². The van der Waals surface area contributed by atoms with Crippen molar-refractivity contribution >= 4 is 0 Å². The molecule has 15 heavy (non-hydrogen) atoms. The molecule has 0 bridgehead atoms. The lowest BCUT2D eigenvalue weighted by atomic mass is 10.00. The van der Waals surface area contributed by atoms with Crippen LogP contribution in [0.25, 0.3) is 0 Å². The normalized spacial score (nSPS) is 16.0. The summed E-state index contributed by atoms with van der Waals surface area (Å²) < 4.78 is 0. The lowest BCUT2D eigenvalue weighted by Gasteiger charge is -2.29. The molecule has 2 unspecified atom stereocenters. The van der Waals surface area contributed by atoms with Gasteiger partial charge in [0.2, 0.25) is 0 Å². The van der Waals surface area contributed by atoms with Gasteiger partial charge < -0.3 is 10.6 Å². The molecule has 0 fully saturated rings. The Morgan fingerprint density at radius 3 is 2.20 bits per heavy atom. The first-order valence-electron chi connectivity index (χ1n) is 6.41. The highest BCUT2D eigenvalue weighted by Crippen LogP contribution is 2.13. The molecular formula is C13H30N2. The lowest BCUT2D eigenvalue weighted by Crippen LogP contribution is -2.36. The van der Waals surface area contributed by atoms with Gasteiger partial charge in [-0.25, -0.2) is 0 Å². The van der Waals surface area contributed by atoms with Crippen molar-refractivity contribution in [2.75, 3.05) is 20.1 Å². The van der Waals surface area contributed by atoms with E-state index in [0.29, 0.717) is 12.0 Å². The monoisotopic (exact) mass is 214 g/mol. The van der Waals surface area contributed by atoms with E-state index >= 15 is 0 Å². The molecule has 2 nitrogen and oxygen atoms in total. The van der Waals surface area contributed by atoms with Gasteiger partial charge in [-0.05, 0) is 45.2 Å². The molecule has 0 aromatic carbocycles. The van der Waals surface area contributed by atoms with Crippen molar-refractivity contribution in [3.8, 4) is 0 Å². The fourth-order valence-corrected chi connectivity index (χ4v) is 2.14. The van der Waals surface area contributed by atoms with Crippen LogP contribution in [0.3, 0.4) is 0 Å². The average molecular weight is 214 g/mol. The minimum absolute atomic E-state index is 0.676. The van der Waals surface area contributed by atoms with Crippen molar-refractivity contribution in [2.45, 2.75) is 53.0 Å². The van der Waals surface area contributed by atoms with Crippen LogP contribution < -0.4 is 5.73 Å². The Bertz CT molecular complexity index is 145. The molecule has 0 spiro atoms. The summed E-state index contributed by atoms with van der Waals surface area (Å²) in [6, 6.07) is 0.677. The van der Waals surface area contributed by atoms with Gasteiger partial charge in [0.25, 0.3) is 0 Å². The van der Waals surface area contributed by atoms with Gasteiger partial charge in [-0.15, -0.1) is 0 Å². The number of nitrogens with zero attached hydrogens (tertiary/aromatic N) is 1. The maximum absolute atomic E-state index is 5.78. The molecule has 0 aliphatic rings. The Kier molecular flexibility index (Phi) is 8.07. The summed E-state index contributed by atoms with van der Waals surface area (Å²) >= 11 is 0. The summed E-state index contributed by atoms with van der Waals surface area (Å²) in [5.41, 5.74) is 5.78. The summed E-state index contributed by atoms with van der Waals surface area (Å²) in [7, 11) is 2.23. The quantitative estimate of drug-likeness (QED) is 0.673. The Labute approximate surface area is 96.2 Å². The first kappa shape index (κ1) is 14.9. The van der Waals surface area contributed by atoms with E-state index in [9.17, 15) is 0 Å². The largest absolute Gasteiger partial charge is 0.330 e. The van der Waals surface area contributed by atoms with Gasteiger partial charge in [-0.1, -0.05) is 27.2 Å². The van der Waals surface area contributed by atoms with Crippen LogP contribution in [0.5, 0.6) is 0 Å². The average Bonchev–Trinajstić information content (AvgIpc) is 2.15. The minimum atomic E-state index is 0.676. The van der Waals surface area contributed by atoms with Crippen LogP contribution in [0.4, 0.5) is 0 Å². The van der Waals surface area contributed by atoms with Crippen LogP contribution in [0, 0.1) is 11.8 Å². The van der Waals surface area contributed by atoms with E-state index in [1.54, 1.807) is 0 Å². The van der Waals surface area contributed by atoms with Crippen LogP contribution >= 0.6 is 0 Å². The summed E-state index contributed by atoms with van der Waals surface area (Å²) in [6.07, 6.45) is 3.78. The zero-order chi connectivity index (χ0) is 11.8. The third-order valence-electron chi connectivity index (χ3n) is 3.14. The van der Waals surface area contributed by atoms with Gasteiger partial charge in [0.15, 0.2) is 0 Å². The highest BCUT2D eigenvalue weighted by atomic mass is 15.1. The number of hydrogen-bond donors (Lipinski definition) is 1. The first-order chi connectivity index (χ1) is 7.01. The second kappa shape index (κ2) is 8.12. The maximum atomic E-state index is 5.78. The molecule has 2 atom stereocenters. The standard InChI is InChI=1S/C13H30N2/c1-6-7-13(9-14)10-15(5)12(4)8-11(2)3/h11-13H,6-10,14H2,1-5H3. The number of hydrogen-bond acceptors (Lipinski definition) is 2. The minimum Gasteiger partial charge on any atom is -0.330 e. The van der Waals surface area contributed by atoms with Gasteiger partial charge in [0.1, 0.15) is 0 Å². The van der Waals surface area contributed by atoms with Gasteiger partial charge in [-0.2, -0.15) is 0 Å². The first-order valence-corrected chi connectivity index (χ1v) is 6.41. The Balaban J connectivity index is 3.91. The molecule has 92 valence electrons. The summed E-state index contributed by atoms with van der Waals surface area (Å²) in [5, 5.41) is 0. The molecule has 0 rings (SSSR count). The third kappa shape index (κ3) is 6.91. The Morgan fingerprint density at radius 2 is 1.80 bits per heavy atom. The fourth-order valence-electron chi connectivity index (χ4n) is 2.14. The fraction of sp³-hybridized carbons (Fsp3) is 1.00. The molecule has 0 aromatic heterocycles. The Morgan fingerprint density at radius 1 is 1.20 bits per heavy atom. The highest BCUT2D eigenvalue weighted by molar-refractivity contribution is 4.70. The van der Waals surface area contributed by atoms with Crippen molar-refractivity contribution in [1.29, 1.82) is 0 Å². The Hall–Kier alpha value is -0.0800. The van der Waals surface area contributed by atoms with Crippen LogP contribution in [-0.4, -0.2) is 31.1 Å². The van der Waals surface area contributed by atoms with E-state index in [-0.39, 0.29) is 0 Å². The predicted octanol–water partition coefficient (Wildman–Crippen LogP) is 2.73. The lowest BCUT2D eigenvalue weighted by molar-refractivity contribution is 0.193. The van der Waals surface area contributed by atoms with E-state index in [2.05, 4.69) is 39.6 Å². The summed E-state index contributed by atoms with van der Waals surface area (Å²) in [4.78, 5) is 2.47. The van der Waals surface area contributed by atoms with Crippen molar-refractivity contribution in [3.63, 3.8) is 0 Å². The molecule has 0 aliphatic heterocycles. The second-order valence-electron chi connectivity index (χ2n) is 5.31. The summed E-state index contributed by atoms with van der Waals surface area (Å²) in [6.45, 7) is 11.1. The second-order valence-corrected chi connectivity index (χ2v) is 5.31. The molecule has 0 heterocycles. The molecule has 0 saturated heterocycles. The number of nitrogens with two attached hydrogens (primary N) is 1. The third-order valence-corrected chi connectivity index (χ3v) is 3.14. The summed E-state index contributed by atoms with van der Waals surface area (Å²) in [5.74, 6) is 1.46. The van der Waals surface area contributed by atoms with E-state index in [1.807, 2.05) is 0 Å². The molecule has 2 heteroatoms. The van der Waals surface area contributed by atoms with Crippen LogP contribution in [0.1, 0.15) is 47.0 Å². The molecule has 0 radical (unpaired) electrons. The number of rotatable bonds is 8. The molecule has 0 saturated carbocycles. The predicted molar refractivity (Wildman–Crippen MR) is 69.0 cm³/mol. The molecule has 0 amide bonds. The van der Waals surface area contributed by atoms with Crippen LogP contribution in [0.15, 0.2) is 0 Å². The topological polar surface area (TPSA) is 29.3 Å². The zero-order valence-electron chi connectivity index (χ0n) is 11.3. The van der Waals surface area contributed by atoms with E-state index in [1.165, 1.54) is 19.3 Å². The molecule has 2 N–H and O–H groups in total. The van der Waals surface area contributed by atoms with E-state index in [0.717, 1.165) is 19.0 Å². The van der Waals surface area contributed by atoms with Gasteiger partial charge >= 0.3 is 0 Å². The maximum Gasteiger partial charge on any atom is 0.00664 e. The van der Waals surface area contributed by atoms with E-state index < -0.39 is 0 Å². The van der Waals surface area contributed by atoms with Crippen molar-refractivity contribution in [1.82, 2.24) is 4.90 Å².